The highest BCUT2D eigenvalue weighted by Crippen LogP contribution is 2.30. The molecule has 0 unspecified atom stereocenters. The van der Waals surface area contributed by atoms with Crippen LogP contribution >= 0.6 is 23.2 Å². The third-order valence-corrected chi connectivity index (χ3v) is 3.14. The van der Waals surface area contributed by atoms with Crippen molar-refractivity contribution in [3.8, 4) is 5.75 Å². The largest absolute Gasteiger partial charge is 0.506 e. The van der Waals surface area contributed by atoms with Gasteiger partial charge < -0.3 is 15.3 Å². The zero-order valence-electron chi connectivity index (χ0n) is 10.8. The Kier molecular flexibility index (Phi) is 6.79. The summed E-state index contributed by atoms with van der Waals surface area (Å²) in [5, 5.41) is 13.9. The van der Waals surface area contributed by atoms with Gasteiger partial charge in [-0.25, -0.2) is 0 Å². The van der Waals surface area contributed by atoms with Crippen LogP contribution in [0.1, 0.15) is 18.4 Å². The van der Waals surface area contributed by atoms with Gasteiger partial charge in [0.25, 0.3) is 0 Å². The van der Waals surface area contributed by atoms with Crippen LogP contribution in [0, 0.1) is 0 Å². The summed E-state index contributed by atoms with van der Waals surface area (Å²) in [4.78, 5) is 2.17. The van der Waals surface area contributed by atoms with E-state index in [2.05, 4.69) is 24.3 Å². The SMILES string of the molecule is CN(C)CCCCNCc1cc(Cl)cc(Cl)c1O. The average molecular weight is 291 g/mol. The number of hydrogen-bond donors (Lipinski definition) is 2. The van der Waals surface area contributed by atoms with Crippen LogP contribution in [0.5, 0.6) is 5.75 Å². The summed E-state index contributed by atoms with van der Waals surface area (Å²) in [6.07, 6.45) is 2.26. The molecule has 0 aliphatic heterocycles. The van der Waals surface area contributed by atoms with Gasteiger partial charge in [-0.1, -0.05) is 23.2 Å². The molecule has 0 saturated heterocycles. The van der Waals surface area contributed by atoms with Crippen LogP contribution in [0.15, 0.2) is 12.1 Å². The molecule has 0 radical (unpaired) electrons. The molecule has 5 heteroatoms. The van der Waals surface area contributed by atoms with Crippen LogP contribution in [0.3, 0.4) is 0 Å². The first kappa shape index (κ1) is 15.6. The van der Waals surface area contributed by atoms with E-state index in [0.29, 0.717) is 16.6 Å². The molecule has 0 fully saturated rings. The second kappa shape index (κ2) is 7.85. The molecule has 102 valence electrons. The summed E-state index contributed by atoms with van der Waals surface area (Å²) in [5.41, 5.74) is 0.736. The first-order chi connectivity index (χ1) is 8.50. The molecule has 0 spiro atoms. The molecule has 2 N–H and O–H groups in total. The fourth-order valence-corrected chi connectivity index (χ4v) is 2.19. The molecule has 0 aliphatic carbocycles. The molecule has 0 heterocycles. The third kappa shape index (κ3) is 5.44. The van der Waals surface area contributed by atoms with E-state index in [1.807, 2.05) is 0 Å². The predicted octanol–water partition coefficient (Wildman–Crippen LogP) is 3.13. The second-order valence-electron chi connectivity index (χ2n) is 4.58. The van der Waals surface area contributed by atoms with Gasteiger partial charge in [0.05, 0.1) is 5.02 Å². The molecule has 0 bridgehead atoms. The fraction of sp³-hybridized carbons (Fsp3) is 0.538. The number of phenols is 1. The number of phenolic OH excluding ortho intramolecular Hbond substituents is 1. The van der Waals surface area contributed by atoms with E-state index in [4.69, 9.17) is 23.2 Å². The molecular weight excluding hydrogens is 271 g/mol. The quantitative estimate of drug-likeness (QED) is 0.758. The maximum atomic E-state index is 9.76. The Labute approximate surface area is 119 Å². The molecule has 18 heavy (non-hydrogen) atoms. The van der Waals surface area contributed by atoms with E-state index >= 15 is 0 Å². The normalized spacial score (nSPS) is 11.2. The zero-order chi connectivity index (χ0) is 13.5. The highest BCUT2D eigenvalue weighted by Gasteiger charge is 2.07. The summed E-state index contributed by atoms with van der Waals surface area (Å²) in [6, 6.07) is 3.27. The van der Waals surface area contributed by atoms with Crippen LogP contribution in [0.4, 0.5) is 0 Å². The molecule has 0 aromatic heterocycles. The maximum Gasteiger partial charge on any atom is 0.138 e. The van der Waals surface area contributed by atoms with E-state index in [9.17, 15) is 5.11 Å². The van der Waals surface area contributed by atoms with Gasteiger partial charge >= 0.3 is 0 Å². The first-order valence-electron chi connectivity index (χ1n) is 6.03. The fourth-order valence-electron chi connectivity index (χ4n) is 1.66. The van der Waals surface area contributed by atoms with Crippen molar-refractivity contribution in [2.45, 2.75) is 19.4 Å². The van der Waals surface area contributed by atoms with Crippen molar-refractivity contribution >= 4 is 23.2 Å². The van der Waals surface area contributed by atoms with Crippen molar-refractivity contribution in [1.82, 2.24) is 10.2 Å². The standard InChI is InChI=1S/C13H20Cl2N2O/c1-17(2)6-4-3-5-16-9-10-7-11(14)8-12(15)13(10)18/h7-8,16,18H,3-6,9H2,1-2H3. The maximum absolute atomic E-state index is 9.76. The predicted molar refractivity (Wildman–Crippen MR) is 77.6 cm³/mol. The number of halogens is 2. The van der Waals surface area contributed by atoms with E-state index in [-0.39, 0.29) is 5.75 Å². The smallest absolute Gasteiger partial charge is 0.138 e. The zero-order valence-corrected chi connectivity index (χ0v) is 12.4. The molecule has 0 atom stereocenters. The van der Waals surface area contributed by atoms with Gasteiger partial charge in [0.2, 0.25) is 0 Å². The van der Waals surface area contributed by atoms with Crippen LogP contribution in [0.2, 0.25) is 10.0 Å². The van der Waals surface area contributed by atoms with Gasteiger partial charge in [-0.2, -0.15) is 0 Å². The highest BCUT2D eigenvalue weighted by molar-refractivity contribution is 6.35. The van der Waals surface area contributed by atoms with Gasteiger partial charge in [-0.05, 0) is 52.2 Å². The second-order valence-corrected chi connectivity index (χ2v) is 5.43. The Morgan fingerprint density at radius 1 is 1.22 bits per heavy atom. The minimum Gasteiger partial charge on any atom is -0.506 e. The van der Waals surface area contributed by atoms with Gasteiger partial charge in [-0.15, -0.1) is 0 Å². The molecule has 0 saturated carbocycles. The van der Waals surface area contributed by atoms with Gasteiger partial charge in [0.1, 0.15) is 5.75 Å². The van der Waals surface area contributed by atoms with Crippen LogP contribution in [-0.4, -0.2) is 37.2 Å². The van der Waals surface area contributed by atoms with E-state index in [1.54, 1.807) is 12.1 Å². The molecule has 0 amide bonds. The first-order valence-corrected chi connectivity index (χ1v) is 6.78. The Bertz CT molecular complexity index is 383. The summed E-state index contributed by atoms with van der Waals surface area (Å²) in [7, 11) is 4.14. The Balaban J connectivity index is 2.31. The lowest BCUT2D eigenvalue weighted by molar-refractivity contribution is 0.391. The van der Waals surface area contributed by atoms with Gasteiger partial charge in [-0.3, -0.25) is 0 Å². The topological polar surface area (TPSA) is 35.5 Å². The number of aromatic hydroxyl groups is 1. The molecule has 3 nitrogen and oxygen atoms in total. The van der Waals surface area contributed by atoms with E-state index < -0.39 is 0 Å². The van der Waals surface area contributed by atoms with Crippen molar-refractivity contribution < 1.29 is 5.11 Å². The van der Waals surface area contributed by atoms with Crippen molar-refractivity contribution in [1.29, 1.82) is 0 Å². The lowest BCUT2D eigenvalue weighted by atomic mass is 10.2. The summed E-state index contributed by atoms with van der Waals surface area (Å²) >= 11 is 11.7. The number of hydrogen-bond acceptors (Lipinski definition) is 3. The Hall–Kier alpha value is -0.480. The minimum atomic E-state index is 0.113. The van der Waals surface area contributed by atoms with Crippen molar-refractivity contribution in [3.05, 3.63) is 27.7 Å². The molecule has 1 rings (SSSR count). The van der Waals surface area contributed by atoms with Crippen LogP contribution < -0.4 is 5.32 Å². The van der Waals surface area contributed by atoms with Crippen molar-refractivity contribution in [2.75, 3.05) is 27.2 Å². The average Bonchev–Trinajstić information content (AvgIpc) is 2.29. The van der Waals surface area contributed by atoms with E-state index in [1.165, 1.54) is 0 Å². The molecule has 1 aromatic rings. The van der Waals surface area contributed by atoms with Gasteiger partial charge in [0, 0.05) is 17.1 Å². The number of rotatable bonds is 7. The lowest BCUT2D eigenvalue weighted by Crippen LogP contribution is -2.18. The monoisotopic (exact) mass is 290 g/mol. The third-order valence-electron chi connectivity index (χ3n) is 2.63. The summed E-state index contributed by atoms with van der Waals surface area (Å²) in [6.45, 7) is 2.58. The van der Waals surface area contributed by atoms with Crippen molar-refractivity contribution in [2.24, 2.45) is 0 Å². The van der Waals surface area contributed by atoms with Gasteiger partial charge in [0.15, 0.2) is 0 Å². The molecule has 0 aliphatic rings. The summed E-state index contributed by atoms with van der Waals surface area (Å²) in [5.74, 6) is 0.113. The lowest BCUT2D eigenvalue weighted by Gasteiger charge is -2.10. The Morgan fingerprint density at radius 3 is 2.61 bits per heavy atom. The number of unbranched alkanes of at least 4 members (excludes halogenated alkanes) is 1. The van der Waals surface area contributed by atoms with Crippen molar-refractivity contribution in [3.63, 3.8) is 0 Å². The highest BCUT2D eigenvalue weighted by atomic mass is 35.5. The summed E-state index contributed by atoms with van der Waals surface area (Å²) < 4.78 is 0. The molecular formula is C13H20Cl2N2O. The number of nitrogens with one attached hydrogen (secondary N) is 1. The van der Waals surface area contributed by atoms with E-state index in [0.717, 1.165) is 31.5 Å². The van der Waals surface area contributed by atoms with Crippen LogP contribution in [0.25, 0.3) is 0 Å². The van der Waals surface area contributed by atoms with Crippen LogP contribution in [-0.2, 0) is 6.54 Å². The molecule has 1 aromatic carbocycles. The number of benzene rings is 1. The Morgan fingerprint density at radius 2 is 1.94 bits per heavy atom. The minimum absolute atomic E-state index is 0.113. The number of nitrogens with zero attached hydrogens (tertiary/aromatic N) is 1.